The van der Waals surface area contributed by atoms with Crippen LogP contribution < -0.4 is 5.32 Å². The molecule has 1 aliphatic heterocycles. The molecule has 2 rings (SSSR count). The van der Waals surface area contributed by atoms with Gasteiger partial charge in [0.05, 0.1) is 0 Å². The van der Waals surface area contributed by atoms with Gasteiger partial charge in [-0.15, -0.1) is 12.4 Å². The Balaban J connectivity index is 0.00000180. The fraction of sp³-hybridized carbons (Fsp3) is 0.571. The van der Waals surface area contributed by atoms with Crippen molar-refractivity contribution in [3.05, 3.63) is 29.6 Å². The van der Waals surface area contributed by atoms with Crippen molar-refractivity contribution >= 4 is 12.4 Å². The highest BCUT2D eigenvalue weighted by Crippen LogP contribution is 2.33. The lowest BCUT2D eigenvalue weighted by Crippen LogP contribution is -2.45. The smallest absolute Gasteiger partial charge is 0.165 e. The third-order valence-corrected chi connectivity index (χ3v) is 3.53. The quantitative estimate of drug-likeness (QED) is 0.894. The van der Waals surface area contributed by atoms with Crippen LogP contribution >= 0.6 is 12.4 Å². The summed E-state index contributed by atoms with van der Waals surface area (Å²) in [6.45, 7) is 5.92. The first-order valence-corrected chi connectivity index (χ1v) is 6.66. The fourth-order valence-electron chi connectivity index (χ4n) is 2.60. The molecular formula is C14H22ClFN2O. The molecule has 0 saturated carbocycles. The highest BCUT2D eigenvalue weighted by atomic mass is 35.5. The van der Waals surface area contributed by atoms with Crippen molar-refractivity contribution in [2.24, 2.45) is 0 Å². The summed E-state index contributed by atoms with van der Waals surface area (Å²) in [6.07, 6.45) is 1.96. The Bertz CT molecular complexity index is 397. The average molecular weight is 289 g/mol. The summed E-state index contributed by atoms with van der Waals surface area (Å²) in [4.78, 5) is 2.33. The minimum Gasteiger partial charge on any atom is -0.505 e. The first-order valence-electron chi connectivity index (χ1n) is 6.66. The predicted molar refractivity (Wildman–Crippen MR) is 77.4 cm³/mol. The number of benzene rings is 1. The maximum Gasteiger partial charge on any atom is 0.165 e. The normalized spacial score (nSPS) is 17.8. The van der Waals surface area contributed by atoms with Gasteiger partial charge in [-0.05, 0) is 12.5 Å². The van der Waals surface area contributed by atoms with Crippen LogP contribution in [0.15, 0.2) is 18.2 Å². The lowest BCUT2D eigenvalue weighted by Gasteiger charge is -2.35. The zero-order chi connectivity index (χ0) is 13.0. The molecule has 1 fully saturated rings. The molecule has 0 amide bonds. The second-order valence-electron chi connectivity index (χ2n) is 4.77. The molecule has 1 aromatic rings. The molecule has 1 heterocycles. The predicted octanol–water partition coefficient (Wildman–Crippen LogP) is 2.70. The monoisotopic (exact) mass is 288 g/mol. The zero-order valence-corrected chi connectivity index (χ0v) is 12.0. The van der Waals surface area contributed by atoms with Crippen LogP contribution in [0.25, 0.3) is 0 Å². The van der Waals surface area contributed by atoms with Gasteiger partial charge in [0.2, 0.25) is 0 Å². The molecule has 1 saturated heterocycles. The van der Waals surface area contributed by atoms with Crippen LogP contribution in [0.4, 0.5) is 4.39 Å². The third kappa shape index (κ3) is 3.81. The van der Waals surface area contributed by atoms with Gasteiger partial charge in [-0.3, -0.25) is 4.90 Å². The number of piperazine rings is 1. The topological polar surface area (TPSA) is 35.5 Å². The first kappa shape index (κ1) is 16.2. The van der Waals surface area contributed by atoms with Gasteiger partial charge in [-0.25, -0.2) is 4.39 Å². The molecular weight excluding hydrogens is 267 g/mol. The molecule has 0 bridgehead atoms. The van der Waals surface area contributed by atoms with Crippen LogP contribution in [-0.4, -0.2) is 36.2 Å². The number of phenols is 1. The Hall–Kier alpha value is -0.840. The molecule has 1 aromatic carbocycles. The maximum absolute atomic E-state index is 13.5. The number of rotatable bonds is 4. The van der Waals surface area contributed by atoms with Crippen LogP contribution in [0.5, 0.6) is 5.75 Å². The van der Waals surface area contributed by atoms with Crippen molar-refractivity contribution < 1.29 is 9.50 Å². The van der Waals surface area contributed by atoms with E-state index in [1.54, 1.807) is 6.07 Å². The number of hydrogen-bond acceptors (Lipinski definition) is 3. The van der Waals surface area contributed by atoms with E-state index in [4.69, 9.17) is 0 Å². The van der Waals surface area contributed by atoms with Crippen LogP contribution in [0.3, 0.4) is 0 Å². The molecule has 19 heavy (non-hydrogen) atoms. The number of nitrogens with zero attached hydrogens (tertiary/aromatic N) is 1. The van der Waals surface area contributed by atoms with Crippen LogP contribution in [0, 0.1) is 5.82 Å². The van der Waals surface area contributed by atoms with Crippen molar-refractivity contribution in [3.63, 3.8) is 0 Å². The third-order valence-electron chi connectivity index (χ3n) is 3.53. The number of halogens is 2. The summed E-state index contributed by atoms with van der Waals surface area (Å²) >= 11 is 0. The SMILES string of the molecule is CCC[C@H](c1cccc(F)c1O)N1CCNCC1.Cl. The molecule has 0 radical (unpaired) electrons. The van der Waals surface area contributed by atoms with E-state index in [1.165, 1.54) is 6.07 Å². The van der Waals surface area contributed by atoms with E-state index in [0.29, 0.717) is 0 Å². The molecule has 3 nitrogen and oxygen atoms in total. The van der Waals surface area contributed by atoms with Crippen LogP contribution in [0.2, 0.25) is 0 Å². The lowest BCUT2D eigenvalue weighted by molar-refractivity contribution is 0.161. The van der Waals surface area contributed by atoms with Crippen molar-refractivity contribution in [1.29, 1.82) is 0 Å². The molecule has 108 valence electrons. The molecule has 1 atom stereocenters. The first-order chi connectivity index (χ1) is 8.74. The minimum atomic E-state index is -0.524. The van der Waals surface area contributed by atoms with E-state index >= 15 is 0 Å². The standard InChI is InChI=1S/C14H21FN2O.ClH/c1-2-4-13(17-9-7-16-8-10-17)11-5-3-6-12(15)14(11)18;/h3,5-6,13,16,18H,2,4,7-10H2,1H3;1H/t13-;/m1./s1. The maximum atomic E-state index is 13.5. The van der Waals surface area contributed by atoms with E-state index < -0.39 is 5.82 Å². The van der Waals surface area contributed by atoms with Gasteiger partial charge in [0.25, 0.3) is 0 Å². The summed E-state index contributed by atoms with van der Waals surface area (Å²) in [7, 11) is 0. The molecule has 0 spiro atoms. The highest BCUT2D eigenvalue weighted by Gasteiger charge is 2.24. The molecule has 0 unspecified atom stereocenters. The van der Waals surface area contributed by atoms with E-state index in [0.717, 1.165) is 44.6 Å². The van der Waals surface area contributed by atoms with Gasteiger partial charge in [-0.2, -0.15) is 0 Å². The molecule has 0 aliphatic carbocycles. The number of nitrogens with one attached hydrogen (secondary N) is 1. The van der Waals surface area contributed by atoms with Crippen molar-refractivity contribution in [2.75, 3.05) is 26.2 Å². The van der Waals surface area contributed by atoms with E-state index in [-0.39, 0.29) is 24.2 Å². The molecule has 1 aliphatic rings. The highest BCUT2D eigenvalue weighted by molar-refractivity contribution is 5.85. The van der Waals surface area contributed by atoms with E-state index in [9.17, 15) is 9.50 Å². The zero-order valence-electron chi connectivity index (χ0n) is 11.2. The number of para-hydroxylation sites is 1. The second kappa shape index (κ2) is 7.68. The Morgan fingerprint density at radius 2 is 2.05 bits per heavy atom. The van der Waals surface area contributed by atoms with E-state index in [1.807, 2.05) is 6.07 Å². The largest absolute Gasteiger partial charge is 0.505 e. The number of phenolic OH excluding ortho intramolecular Hbond substituents is 1. The van der Waals surface area contributed by atoms with Gasteiger partial charge >= 0.3 is 0 Å². The summed E-state index contributed by atoms with van der Waals surface area (Å²) in [5.41, 5.74) is 0.721. The van der Waals surface area contributed by atoms with Gasteiger partial charge in [-0.1, -0.05) is 25.5 Å². The molecule has 5 heteroatoms. The Kier molecular flexibility index (Phi) is 6.55. The van der Waals surface area contributed by atoms with Gasteiger partial charge in [0.15, 0.2) is 11.6 Å². The summed E-state index contributed by atoms with van der Waals surface area (Å²) < 4.78 is 13.5. The van der Waals surface area contributed by atoms with Gasteiger partial charge in [0, 0.05) is 37.8 Å². The molecule has 2 N–H and O–H groups in total. The van der Waals surface area contributed by atoms with Crippen LogP contribution in [-0.2, 0) is 0 Å². The average Bonchev–Trinajstić information content (AvgIpc) is 2.41. The lowest BCUT2D eigenvalue weighted by atomic mass is 9.98. The summed E-state index contributed by atoms with van der Waals surface area (Å²) in [6, 6.07) is 4.93. The van der Waals surface area contributed by atoms with Crippen molar-refractivity contribution in [3.8, 4) is 5.75 Å². The van der Waals surface area contributed by atoms with Gasteiger partial charge < -0.3 is 10.4 Å². The summed E-state index contributed by atoms with van der Waals surface area (Å²) in [5.74, 6) is -0.710. The Morgan fingerprint density at radius 3 is 2.68 bits per heavy atom. The van der Waals surface area contributed by atoms with Crippen molar-refractivity contribution in [2.45, 2.75) is 25.8 Å². The minimum absolute atomic E-state index is 0. The fourth-order valence-corrected chi connectivity index (χ4v) is 2.60. The number of aromatic hydroxyl groups is 1. The molecule has 0 aromatic heterocycles. The Morgan fingerprint density at radius 1 is 1.37 bits per heavy atom. The second-order valence-corrected chi connectivity index (χ2v) is 4.77. The van der Waals surface area contributed by atoms with Crippen LogP contribution in [0.1, 0.15) is 31.4 Å². The Labute approximate surface area is 120 Å². The number of hydrogen-bond donors (Lipinski definition) is 2. The van der Waals surface area contributed by atoms with Gasteiger partial charge in [0.1, 0.15) is 0 Å². The summed E-state index contributed by atoms with van der Waals surface area (Å²) in [5, 5.41) is 13.2. The van der Waals surface area contributed by atoms with Crippen molar-refractivity contribution in [1.82, 2.24) is 10.2 Å². The van der Waals surface area contributed by atoms with E-state index in [2.05, 4.69) is 17.1 Å².